The van der Waals surface area contributed by atoms with E-state index in [2.05, 4.69) is 60.4 Å². The van der Waals surface area contributed by atoms with Gasteiger partial charge in [0.1, 0.15) is 0 Å². The number of benzene rings is 4. The van der Waals surface area contributed by atoms with Crippen LogP contribution in [-0.4, -0.2) is 4.92 Å². The zero-order valence-corrected chi connectivity index (χ0v) is 19.8. The molecule has 0 heterocycles. The van der Waals surface area contributed by atoms with E-state index in [9.17, 15) is 10.1 Å². The second-order valence-corrected chi connectivity index (χ2v) is 8.83. The van der Waals surface area contributed by atoms with Gasteiger partial charge in [0.2, 0.25) is 0 Å². The van der Waals surface area contributed by atoms with Gasteiger partial charge >= 0.3 is 0 Å². The largest absolute Gasteiger partial charge is 0.310 e. The lowest BCUT2D eigenvalue weighted by molar-refractivity contribution is -0.384. The van der Waals surface area contributed by atoms with Gasteiger partial charge < -0.3 is 4.90 Å². The number of nitro benzene ring substituents is 1. The smallest absolute Gasteiger partial charge is 0.269 e. The Kier molecular flexibility index (Phi) is 7.92. The number of rotatable bonds is 11. The van der Waals surface area contributed by atoms with Crippen molar-refractivity contribution in [2.75, 3.05) is 4.90 Å². The van der Waals surface area contributed by atoms with Crippen molar-refractivity contribution in [2.24, 2.45) is 0 Å². The van der Waals surface area contributed by atoms with Crippen molar-refractivity contribution < 1.29 is 4.92 Å². The Morgan fingerprint density at radius 1 is 0.676 bits per heavy atom. The lowest BCUT2D eigenvalue weighted by atomic mass is 10.0. The number of anilines is 3. The van der Waals surface area contributed by atoms with Gasteiger partial charge in [0, 0.05) is 29.2 Å². The fourth-order valence-electron chi connectivity index (χ4n) is 4.43. The number of nitro groups is 1. The first kappa shape index (κ1) is 23.5. The van der Waals surface area contributed by atoms with Crippen LogP contribution in [-0.2, 0) is 6.42 Å². The summed E-state index contributed by atoms with van der Waals surface area (Å²) in [6.07, 6.45) is 9.00. The third-order valence-electron chi connectivity index (χ3n) is 6.30. The summed E-state index contributed by atoms with van der Waals surface area (Å²) in [5.74, 6) is 0. The predicted molar refractivity (Wildman–Crippen MR) is 142 cm³/mol. The monoisotopic (exact) mass is 452 g/mol. The zero-order valence-electron chi connectivity index (χ0n) is 19.8. The first-order valence-electron chi connectivity index (χ1n) is 12.3. The highest BCUT2D eigenvalue weighted by Crippen LogP contribution is 2.36. The van der Waals surface area contributed by atoms with Crippen molar-refractivity contribution in [3.05, 3.63) is 107 Å². The fraction of sp³-hybridized carbons (Fsp3) is 0.267. The topological polar surface area (TPSA) is 46.4 Å². The van der Waals surface area contributed by atoms with E-state index in [1.54, 1.807) is 24.3 Å². The van der Waals surface area contributed by atoms with Crippen LogP contribution >= 0.6 is 0 Å². The molecular formula is C30H32N2O2. The molecule has 0 amide bonds. The number of aryl methyl sites for hydroxylation is 1. The summed E-state index contributed by atoms with van der Waals surface area (Å²) in [5.41, 5.74) is 4.40. The number of para-hydroxylation sites is 1. The lowest BCUT2D eigenvalue weighted by Gasteiger charge is -2.25. The molecule has 4 nitrogen and oxygen atoms in total. The van der Waals surface area contributed by atoms with Gasteiger partial charge in [-0.2, -0.15) is 0 Å². The van der Waals surface area contributed by atoms with E-state index >= 15 is 0 Å². The summed E-state index contributed by atoms with van der Waals surface area (Å²) in [6.45, 7) is 2.26. The quantitative estimate of drug-likeness (QED) is 0.129. The molecule has 0 unspecified atom stereocenters. The van der Waals surface area contributed by atoms with Crippen LogP contribution in [0.25, 0.3) is 10.8 Å². The van der Waals surface area contributed by atoms with Crippen molar-refractivity contribution in [1.82, 2.24) is 0 Å². The number of unbranched alkanes of at least 4 members (excludes halogenated alkanes) is 5. The van der Waals surface area contributed by atoms with Crippen LogP contribution in [0.2, 0.25) is 0 Å². The predicted octanol–water partition coefficient (Wildman–Crippen LogP) is 9.12. The number of non-ortho nitro benzene ring substituents is 1. The molecule has 4 aromatic rings. The van der Waals surface area contributed by atoms with Gasteiger partial charge in [0.25, 0.3) is 5.69 Å². The van der Waals surface area contributed by atoms with Gasteiger partial charge in [-0.05, 0) is 65.6 Å². The van der Waals surface area contributed by atoms with E-state index < -0.39 is 0 Å². The molecule has 0 saturated heterocycles. The summed E-state index contributed by atoms with van der Waals surface area (Å²) in [5, 5.41) is 13.5. The maximum Gasteiger partial charge on any atom is 0.269 e. The van der Waals surface area contributed by atoms with Crippen molar-refractivity contribution in [2.45, 2.75) is 51.9 Å². The first-order chi connectivity index (χ1) is 16.7. The van der Waals surface area contributed by atoms with E-state index in [0.29, 0.717) is 0 Å². The van der Waals surface area contributed by atoms with Gasteiger partial charge in [-0.3, -0.25) is 10.1 Å². The molecule has 0 bridgehead atoms. The summed E-state index contributed by atoms with van der Waals surface area (Å²) in [6, 6.07) is 30.1. The second-order valence-electron chi connectivity index (χ2n) is 8.83. The molecule has 0 spiro atoms. The van der Waals surface area contributed by atoms with E-state index in [4.69, 9.17) is 0 Å². The average Bonchev–Trinajstić information content (AvgIpc) is 2.87. The molecule has 0 atom stereocenters. The molecule has 4 heteroatoms. The summed E-state index contributed by atoms with van der Waals surface area (Å²) < 4.78 is 0. The van der Waals surface area contributed by atoms with Crippen LogP contribution < -0.4 is 4.90 Å². The van der Waals surface area contributed by atoms with E-state index in [1.807, 2.05) is 18.2 Å². The lowest BCUT2D eigenvalue weighted by Crippen LogP contribution is -2.09. The molecule has 0 aliphatic rings. The van der Waals surface area contributed by atoms with Crippen molar-refractivity contribution >= 4 is 33.5 Å². The third kappa shape index (κ3) is 5.82. The van der Waals surface area contributed by atoms with Crippen LogP contribution in [0.3, 0.4) is 0 Å². The minimum atomic E-state index is -0.366. The van der Waals surface area contributed by atoms with Crippen LogP contribution in [0.1, 0.15) is 51.0 Å². The van der Waals surface area contributed by atoms with E-state index in [1.165, 1.54) is 54.9 Å². The Morgan fingerprint density at radius 2 is 1.29 bits per heavy atom. The maximum absolute atomic E-state index is 11.1. The molecule has 0 N–H and O–H groups in total. The fourth-order valence-corrected chi connectivity index (χ4v) is 4.43. The Bertz CT molecular complexity index is 1220. The summed E-state index contributed by atoms with van der Waals surface area (Å²) in [4.78, 5) is 12.9. The van der Waals surface area contributed by atoms with Crippen molar-refractivity contribution in [3.63, 3.8) is 0 Å². The molecule has 0 aromatic heterocycles. The molecule has 4 rings (SSSR count). The van der Waals surface area contributed by atoms with Gasteiger partial charge in [0.05, 0.1) is 4.92 Å². The second kappa shape index (κ2) is 11.5. The number of hydrogen-bond acceptors (Lipinski definition) is 3. The minimum absolute atomic E-state index is 0.0909. The summed E-state index contributed by atoms with van der Waals surface area (Å²) in [7, 11) is 0. The van der Waals surface area contributed by atoms with Crippen LogP contribution in [0.4, 0.5) is 22.7 Å². The SMILES string of the molecule is CCCCCCCCc1ccc2cc(N(c3ccccc3)c3ccc([N+](=O)[O-])cc3)ccc2c1. The van der Waals surface area contributed by atoms with E-state index in [-0.39, 0.29) is 10.6 Å². The Morgan fingerprint density at radius 3 is 2.03 bits per heavy atom. The first-order valence-corrected chi connectivity index (χ1v) is 12.3. The van der Waals surface area contributed by atoms with Gasteiger partial charge in [-0.25, -0.2) is 0 Å². The van der Waals surface area contributed by atoms with Crippen LogP contribution in [0.5, 0.6) is 0 Å². The van der Waals surface area contributed by atoms with E-state index in [0.717, 1.165) is 23.5 Å². The number of hydrogen-bond donors (Lipinski definition) is 0. The van der Waals surface area contributed by atoms with Crippen LogP contribution in [0, 0.1) is 10.1 Å². The minimum Gasteiger partial charge on any atom is -0.310 e. The number of nitrogens with zero attached hydrogens (tertiary/aromatic N) is 2. The van der Waals surface area contributed by atoms with Gasteiger partial charge in [-0.15, -0.1) is 0 Å². The van der Waals surface area contributed by atoms with Crippen molar-refractivity contribution in [1.29, 1.82) is 0 Å². The molecule has 0 aliphatic heterocycles. The average molecular weight is 453 g/mol. The highest BCUT2D eigenvalue weighted by atomic mass is 16.6. The van der Waals surface area contributed by atoms with Gasteiger partial charge in [0.15, 0.2) is 0 Å². The molecule has 0 aliphatic carbocycles. The standard InChI is InChI=1S/C30H32N2O2/c1-2-3-4-5-6-8-11-24-14-15-26-23-30(17-16-25(26)22-24)31(27-12-9-7-10-13-27)28-18-20-29(21-19-28)32(33)34/h7,9-10,12-23H,2-6,8,11H2,1H3. The molecular weight excluding hydrogens is 420 g/mol. The van der Waals surface area contributed by atoms with Crippen LogP contribution in [0.15, 0.2) is 91.0 Å². The van der Waals surface area contributed by atoms with Gasteiger partial charge in [-0.1, -0.05) is 81.5 Å². The third-order valence-corrected chi connectivity index (χ3v) is 6.30. The maximum atomic E-state index is 11.1. The molecule has 0 radical (unpaired) electrons. The highest BCUT2D eigenvalue weighted by Gasteiger charge is 2.14. The Labute approximate surface area is 202 Å². The Balaban J connectivity index is 1.58. The molecule has 4 aromatic carbocycles. The Hall–Kier alpha value is -3.66. The van der Waals surface area contributed by atoms with Crippen molar-refractivity contribution in [3.8, 4) is 0 Å². The normalized spacial score (nSPS) is 11.0. The zero-order chi connectivity index (χ0) is 23.8. The molecule has 34 heavy (non-hydrogen) atoms. The molecule has 174 valence electrons. The highest BCUT2D eigenvalue weighted by molar-refractivity contribution is 5.89. The number of fused-ring (bicyclic) bond motifs is 1. The summed E-state index contributed by atoms with van der Waals surface area (Å²) >= 11 is 0. The molecule has 0 fully saturated rings. The molecule has 0 saturated carbocycles.